The summed E-state index contributed by atoms with van der Waals surface area (Å²) >= 11 is 6.24. The normalized spacial score (nSPS) is 11.0. The number of nitrogens with zero attached hydrogens (tertiary/aromatic N) is 1. The van der Waals surface area contributed by atoms with Gasteiger partial charge < -0.3 is 14.5 Å². The smallest absolute Gasteiger partial charge is 0.337 e. The molecule has 0 saturated carbocycles. The number of carbonyl (C=O) groups is 2. The van der Waals surface area contributed by atoms with Gasteiger partial charge in [0.2, 0.25) is 0 Å². The Hall–Kier alpha value is -3.82. The first kappa shape index (κ1) is 21.9. The summed E-state index contributed by atoms with van der Waals surface area (Å²) in [6.07, 6.45) is 1.35. The number of benzene rings is 2. The minimum absolute atomic E-state index is 0.115. The van der Waals surface area contributed by atoms with E-state index in [1.807, 2.05) is 32.0 Å². The maximum absolute atomic E-state index is 12.6. The lowest BCUT2D eigenvalue weighted by Crippen LogP contribution is -2.14. The Kier molecular flexibility index (Phi) is 6.58. The second-order valence-corrected chi connectivity index (χ2v) is 7.24. The van der Waals surface area contributed by atoms with Crippen LogP contribution in [0.2, 0.25) is 5.02 Å². The van der Waals surface area contributed by atoms with Crippen molar-refractivity contribution in [1.82, 2.24) is 0 Å². The Morgan fingerprint density at radius 2 is 1.90 bits per heavy atom. The van der Waals surface area contributed by atoms with E-state index in [1.165, 1.54) is 13.2 Å². The maximum Gasteiger partial charge on any atom is 0.337 e. The molecule has 7 heteroatoms. The molecule has 1 aromatic heterocycles. The molecule has 1 heterocycles. The highest BCUT2D eigenvalue weighted by Gasteiger charge is 2.15. The molecule has 1 N–H and O–H groups in total. The van der Waals surface area contributed by atoms with E-state index in [0.29, 0.717) is 33.4 Å². The molecule has 0 bridgehead atoms. The minimum Gasteiger partial charge on any atom is -0.465 e. The summed E-state index contributed by atoms with van der Waals surface area (Å²) in [5.41, 5.74) is 3.29. The van der Waals surface area contributed by atoms with Crippen molar-refractivity contribution in [3.8, 4) is 17.4 Å². The number of methoxy groups -OCH3 is 1. The number of nitrogens with one attached hydrogen (secondary N) is 1. The van der Waals surface area contributed by atoms with Gasteiger partial charge in [-0.3, -0.25) is 4.79 Å². The topological polar surface area (TPSA) is 92.3 Å². The fourth-order valence-corrected chi connectivity index (χ4v) is 3.18. The molecule has 0 aliphatic rings. The predicted octanol–water partition coefficient (Wildman–Crippen LogP) is 5.55. The highest BCUT2D eigenvalue weighted by molar-refractivity contribution is 6.33. The van der Waals surface area contributed by atoms with Gasteiger partial charge in [-0.25, -0.2) is 4.79 Å². The van der Waals surface area contributed by atoms with Gasteiger partial charge in [-0.05, 0) is 55.8 Å². The summed E-state index contributed by atoms with van der Waals surface area (Å²) in [4.78, 5) is 24.3. The third kappa shape index (κ3) is 5.03. The van der Waals surface area contributed by atoms with Crippen LogP contribution >= 0.6 is 11.6 Å². The monoisotopic (exact) mass is 434 g/mol. The number of hydrogen-bond acceptors (Lipinski definition) is 5. The standard InChI is InChI=1S/C24H19ClN2O4/c1-14-4-8-21(15(2)10-14)27-23(28)17(13-26)11-18-6-9-22(31-18)19-12-16(24(29)30-3)5-7-20(19)25/h4-12H,1-3H3,(H,27,28)/b17-11+. The van der Waals surface area contributed by atoms with E-state index in [-0.39, 0.29) is 5.57 Å². The summed E-state index contributed by atoms with van der Waals surface area (Å²) in [7, 11) is 1.29. The average molecular weight is 435 g/mol. The van der Waals surface area contributed by atoms with Gasteiger partial charge >= 0.3 is 5.97 Å². The van der Waals surface area contributed by atoms with Crippen molar-refractivity contribution in [3.05, 3.63) is 81.6 Å². The van der Waals surface area contributed by atoms with Crippen LogP contribution in [-0.4, -0.2) is 19.0 Å². The van der Waals surface area contributed by atoms with Crippen molar-refractivity contribution < 1.29 is 18.7 Å². The molecule has 0 aliphatic heterocycles. The highest BCUT2D eigenvalue weighted by atomic mass is 35.5. The maximum atomic E-state index is 12.6. The van der Waals surface area contributed by atoms with Crippen LogP contribution in [0.3, 0.4) is 0 Å². The fraction of sp³-hybridized carbons (Fsp3) is 0.125. The molecule has 3 rings (SSSR count). The van der Waals surface area contributed by atoms with Crippen LogP contribution in [-0.2, 0) is 9.53 Å². The molecule has 0 radical (unpaired) electrons. The van der Waals surface area contributed by atoms with Crippen LogP contribution in [0.5, 0.6) is 0 Å². The van der Waals surface area contributed by atoms with Gasteiger partial charge in [0.15, 0.2) is 0 Å². The first-order valence-electron chi connectivity index (χ1n) is 9.31. The number of anilines is 1. The van der Waals surface area contributed by atoms with E-state index in [1.54, 1.807) is 36.4 Å². The zero-order chi connectivity index (χ0) is 22.5. The van der Waals surface area contributed by atoms with E-state index in [0.717, 1.165) is 11.1 Å². The Morgan fingerprint density at radius 3 is 2.58 bits per heavy atom. The number of rotatable bonds is 5. The van der Waals surface area contributed by atoms with Gasteiger partial charge in [0.25, 0.3) is 5.91 Å². The molecule has 3 aromatic rings. The summed E-state index contributed by atoms with van der Waals surface area (Å²) in [5.74, 6) is -0.367. The SMILES string of the molecule is COC(=O)c1ccc(Cl)c(-c2ccc(/C=C(\C#N)C(=O)Nc3ccc(C)cc3C)o2)c1. The molecule has 1 amide bonds. The molecular weight excluding hydrogens is 416 g/mol. The average Bonchev–Trinajstić information content (AvgIpc) is 3.22. The largest absolute Gasteiger partial charge is 0.465 e. The molecular formula is C24H19ClN2O4. The zero-order valence-electron chi connectivity index (χ0n) is 17.2. The van der Waals surface area contributed by atoms with Crippen LogP contribution < -0.4 is 5.32 Å². The first-order valence-corrected chi connectivity index (χ1v) is 9.68. The number of esters is 1. The second-order valence-electron chi connectivity index (χ2n) is 6.83. The van der Waals surface area contributed by atoms with Crippen LogP contribution in [0.15, 0.2) is 58.5 Å². The third-order valence-electron chi connectivity index (χ3n) is 4.56. The molecule has 2 aromatic carbocycles. The van der Waals surface area contributed by atoms with Gasteiger partial charge in [0, 0.05) is 17.3 Å². The van der Waals surface area contributed by atoms with Gasteiger partial charge in [0.05, 0.1) is 17.7 Å². The van der Waals surface area contributed by atoms with Crippen molar-refractivity contribution >= 4 is 35.2 Å². The van der Waals surface area contributed by atoms with Crippen molar-refractivity contribution in [2.24, 2.45) is 0 Å². The molecule has 0 unspecified atom stereocenters. The Morgan fingerprint density at radius 1 is 1.13 bits per heavy atom. The van der Waals surface area contributed by atoms with Gasteiger partial charge in [-0.1, -0.05) is 29.3 Å². The fourth-order valence-electron chi connectivity index (χ4n) is 2.97. The molecule has 0 aliphatic carbocycles. The number of aryl methyl sites for hydroxylation is 2. The molecule has 0 atom stereocenters. The number of nitriles is 1. The van der Waals surface area contributed by atoms with Crippen LogP contribution in [0.1, 0.15) is 27.2 Å². The van der Waals surface area contributed by atoms with E-state index in [9.17, 15) is 14.9 Å². The predicted molar refractivity (Wildman–Crippen MR) is 119 cm³/mol. The van der Waals surface area contributed by atoms with Gasteiger partial charge in [0.1, 0.15) is 23.2 Å². The molecule has 6 nitrogen and oxygen atoms in total. The summed E-state index contributed by atoms with van der Waals surface area (Å²) < 4.78 is 10.5. The quantitative estimate of drug-likeness (QED) is 0.323. The Bertz CT molecular complexity index is 1230. The lowest BCUT2D eigenvalue weighted by Gasteiger charge is -2.08. The Balaban J connectivity index is 1.86. The van der Waals surface area contributed by atoms with E-state index < -0.39 is 11.9 Å². The van der Waals surface area contributed by atoms with Crippen molar-refractivity contribution in [3.63, 3.8) is 0 Å². The van der Waals surface area contributed by atoms with Crippen LogP contribution in [0, 0.1) is 25.2 Å². The van der Waals surface area contributed by atoms with Crippen molar-refractivity contribution in [1.29, 1.82) is 5.26 Å². The van der Waals surface area contributed by atoms with Crippen LogP contribution in [0.4, 0.5) is 5.69 Å². The number of hydrogen-bond donors (Lipinski definition) is 1. The third-order valence-corrected chi connectivity index (χ3v) is 4.89. The van der Waals surface area contributed by atoms with Crippen molar-refractivity contribution in [2.75, 3.05) is 12.4 Å². The van der Waals surface area contributed by atoms with Gasteiger partial charge in [-0.2, -0.15) is 5.26 Å². The molecule has 0 spiro atoms. The van der Waals surface area contributed by atoms with E-state index in [4.69, 9.17) is 20.8 Å². The minimum atomic E-state index is -0.543. The number of furan rings is 1. The van der Waals surface area contributed by atoms with E-state index in [2.05, 4.69) is 5.32 Å². The van der Waals surface area contributed by atoms with E-state index >= 15 is 0 Å². The molecule has 156 valence electrons. The second kappa shape index (κ2) is 9.33. The van der Waals surface area contributed by atoms with Gasteiger partial charge in [-0.15, -0.1) is 0 Å². The number of halogens is 1. The number of ether oxygens (including phenoxy) is 1. The first-order chi connectivity index (χ1) is 14.8. The lowest BCUT2D eigenvalue weighted by atomic mass is 10.1. The lowest BCUT2D eigenvalue weighted by molar-refractivity contribution is -0.112. The Labute approximate surface area is 184 Å². The van der Waals surface area contributed by atoms with Crippen LogP contribution in [0.25, 0.3) is 17.4 Å². The van der Waals surface area contributed by atoms with Crippen molar-refractivity contribution in [2.45, 2.75) is 13.8 Å². The zero-order valence-corrected chi connectivity index (χ0v) is 17.9. The summed E-state index contributed by atoms with van der Waals surface area (Å²) in [6.45, 7) is 3.84. The highest BCUT2D eigenvalue weighted by Crippen LogP contribution is 2.31. The summed E-state index contributed by atoms with van der Waals surface area (Å²) in [6, 6.07) is 15.4. The molecule has 31 heavy (non-hydrogen) atoms. The molecule has 0 fully saturated rings. The molecule has 0 saturated heterocycles. The number of amides is 1. The summed E-state index contributed by atoms with van der Waals surface area (Å²) in [5, 5.41) is 12.6. The number of carbonyl (C=O) groups excluding carboxylic acids is 2.